The Morgan fingerprint density at radius 2 is 1.94 bits per heavy atom. The maximum Gasteiger partial charge on any atom is 0.230 e. The molecular formula is C11H16N2O3S. The van der Waals surface area contributed by atoms with Crippen molar-refractivity contribution in [3.8, 4) is 11.5 Å². The first-order valence-corrected chi connectivity index (χ1v) is 5.95. The minimum Gasteiger partial charge on any atom is -0.493 e. The summed E-state index contributed by atoms with van der Waals surface area (Å²) in [5, 5.41) is 2.55. The third-order valence-corrected chi connectivity index (χ3v) is 3.22. The van der Waals surface area contributed by atoms with Gasteiger partial charge in [-0.1, -0.05) is 0 Å². The second-order valence-corrected chi connectivity index (χ2v) is 4.22. The Balaban J connectivity index is 2.89. The van der Waals surface area contributed by atoms with Crippen LogP contribution in [0, 0.1) is 0 Å². The molecule has 1 aromatic carbocycles. The first kappa shape index (κ1) is 13.5. The number of rotatable bonds is 5. The van der Waals surface area contributed by atoms with Gasteiger partial charge in [-0.25, -0.2) is 0 Å². The third-order valence-electron chi connectivity index (χ3n) is 2.15. The summed E-state index contributed by atoms with van der Waals surface area (Å²) in [5.74, 6) is 1.44. The normalized spacial score (nSPS) is 9.82. The zero-order valence-corrected chi connectivity index (χ0v) is 10.9. The van der Waals surface area contributed by atoms with E-state index in [-0.39, 0.29) is 5.91 Å². The molecule has 1 rings (SSSR count). The van der Waals surface area contributed by atoms with Crippen molar-refractivity contribution in [3.63, 3.8) is 0 Å². The van der Waals surface area contributed by atoms with Crippen LogP contribution in [-0.4, -0.2) is 32.9 Å². The van der Waals surface area contributed by atoms with Gasteiger partial charge in [0.05, 0.1) is 20.0 Å². The second kappa shape index (κ2) is 6.24. The Morgan fingerprint density at radius 3 is 2.47 bits per heavy atom. The molecule has 17 heavy (non-hydrogen) atoms. The van der Waals surface area contributed by atoms with Crippen molar-refractivity contribution in [1.29, 1.82) is 0 Å². The summed E-state index contributed by atoms with van der Waals surface area (Å²) in [4.78, 5) is 11.9. The number of hydrogen-bond acceptors (Lipinski definition) is 5. The zero-order valence-electron chi connectivity index (χ0n) is 10.1. The van der Waals surface area contributed by atoms with Crippen molar-refractivity contribution in [1.82, 2.24) is 5.32 Å². The SMILES string of the molecule is CNC(=O)CSc1cc(OC)c(OC)cc1N. The van der Waals surface area contributed by atoms with Gasteiger partial charge < -0.3 is 20.5 Å². The molecule has 0 saturated carbocycles. The van der Waals surface area contributed by atoms with Gasteiger partial charge in [-0.05, 0) is 6.07 Å². The molecule has 0 heterocycles. The lowest BCUT2D eigenvalue weighted by Gasteiger charge is -2.11. The Bertz CT molecular complexity index is 410. The van der Waals surface area contributed by atoms with E-state index < -0.39 is 0 Å². The van der Waals surface area contributed by atoms with E-state index in [4.69, 9.17) is 15.2 Å². The molecule has 0 unspecified atom stereocenters. The Labute approximate surface area is 105 Å². The number of nitrogens with two attached hydrogens (primary N) is 1. The van der Waals surface area contributed by atoms with Crippen molar-refractivity contribution >= 4 is 23.4 Å². The average molecular weight is 256 g/mol. The Morgan fingerprint density at radius 1 is 1.35 bits per heavy atom. The van der Waals surface area contributed by atoms with E-state index in [1.807, 2.05) is 0 Å². The quantitative estimate of drug-likeness (QED) is 0.610. The predicted octanol–water partition coefficient (Wildman–Crippen LogP) is 1.12. The second-order valence-electron chi connectivity index (χ2n) is 3.21. The van der Waals surface area contributed by atoms with Crippen LogP contribution in [0.25, 0.3) is 0 Å². The minimum atomic E-state index is -0.0517. The number of hydrogen-bond donors (Lipinski definition) is 2. The highest BCUT2D eigenvalue weighted by molar-refractivity contribution is 8.00. The first-order chi connectivity index (χ1) is 8.12. The molecule has 0 bridgehead atoms. The number of nitrogens with one attached hydrogen (secondary N) is 1. The van der Waals surface area contributed by atoms with Crippen molar-refractivity contribution < 1.29 is 14.3 Å². The summed E-state index contributed by atoms with van der Waals surface area (Å²) in [6.45, 7) is 0. The van der Waals surface area contributed by atoms with Crippen LogP contribution >= 0.6 is 11.8 Å². The highest BCUT2D eigenvalue weighted by Crippen LogP contribution is 2.36. The molecule has 0 aliphatic rings. The summed E-state index contributed by atoms with van der Waals surface area (Å²) in [6, 6.07) is 3.45. The summed E-state index contributed by atoms with van der Waals surface area (Å²) >= 11 is 1.36. The number of thioether (sulfide) groups is 1. The van der Waals surface area contributed by atoms with Crippen LogP contribution in [0.15, 0.2) is 17.0 Å². The van der Waals surface area contributed by atoms with Gasteiger partial charge >= 0.3 is 0 Å². The molecule has 0 aromatic heterocycles. The fraction of sp³-hybridized carbons (Fsp3) is 0.364. The molecule has 0 atom stereocenters. The summed E-state index contributed by atoms with van der Waals surface area (Å²) in [5.41, 5.74) is 6.43. The first-order valence-electron chi connectivity index (χ1n) is 4.97. The van der Waals surface area contributed by atoms with E-state index in [0.29, 0.717) is 22.9 Å². The van der Waals surface area contributed by atoms with E-state index in [1.165, 1.54) is 11.8 Å². The average Bonchev–Trinajstić information content (AvgIpc) is 2.36. The number of methoxy groups -OCH3 is 2. The molecule has 0 fully saturated rings. The van der Waals surface area contributed by atoms with Crippen LogP contribution in [0.5, 0.6) is 11.5 Å². The minimum absolute atomic E-state index is 0.0517. The summed E-state index contributed by atoms with van der Waals surface area (Å²) < 4.78 is 10.3. The van der Waals surface area contributed by atoms with Crippen LogP contribution in [0.2, 0.25) is 0 Å². The molecule has 94 valence electrons. The molecule has 0 saturated heterocycles. The van der Waals surface area contributed by atoms with Crippen molar-refractivity contribution in [2.75, 3.05) is 32.8 Å². The molecule has 1 aromatic rings. The van der Waals surface area contributed by atoms with Crippen LogP contribution in [0.1, 0.15) is 0 Å². The van der Waals surface area contributed by atoms with Gasteiger partial charge in [-0.15, -0.1) is 11.8 Å². The lowest BCUT2D eigenvalue weighted by molar-refractivity contribution is -0.118. The smallest absolute Gasteiger partial charge is 0.230 e. The van der Waals surface area contributed by atoms with Crippen LogP contribution < -0.4 is 20.5 Å². The van der Waals surface area contributed by atoms with E-state index in [2.05, 4.69) is 5.32 Å². The number of amides is 1. The van der Waals surface area contributed by atoms with E-state index >= 15 is 0 Å². The van der Waals surface area contributed by atoms with Crippen molar-refractivity contribution in [2.24, 2.45) is 0 Å². The number of anilines is 1. The van der Waals surface area contributed by atoms with E-state index in [9.17, 15) is 4.79 Å². The maximum atomic E-state index is 11.1. The topological polar surface area (TPSA) is 73.6 Å². The number of ether oxygens (including phenoxy) is 2. The maximum absolute atomic E-state index is 11.1. The molecule has 1 amide bonds. The monoisotopic (exact) mass is 256 g/mol. The van der Waals surface area contributed by atoms with Gasteiger partial charge in [0.2, 0.25) is 5.91 Å². The molecule has 0 aliphatic carbocycles. The summed E-state index contributed by atoms with van der Waals surface area (Å²) in [6.07, 6.45) is 0. The van der Waals surface area contributed by atoms with Crippen molar-refractivity contribution in [2.45, 2.75) is 4.90 Å². The predicted molar refractivity (Wildman–Crippen MR) is 68.7 cm³/mol. The summed E-state index contributed by atoms with van der Waals surface area (Å²) in [7, 11) is 4.71. The van der Waals surface area contributed by atoms with Crippen molar-refractivity contribution in [3.05, 3.63) is 12.1 Å². The molecule has 0 radical (unpaired) electrons. The fourth-order valence-corrected chi connectivity index (χ4v) is 2.06. The van der Waals surface area contributed by atoms with Gasteiger partial charge in [-0.2, -0.15) is 0 Å². The molecule has 6 heteroatoms. The fourth-order valence-electron chi connectivity index (χ4n) is 1.22. The van der Waals surface area contributed by atoms with Gasteiger partial charge in [-0.3, -0.25) is 4.79 Å². The number of nitrogen functional groups attached to an aromatic ring is 1. The number of carbonyl (C=O) groups is 1. The van der Waals surface area contributed by atoms with Gasteiger partial charge in [0.25, 0.3) is 0 Å². The standard InChI is InChI=1S/C11H16N2O3S/c1-13-11(14)6-17-10-5-9(16-3)8(15-2)4-7(10)12/h4-5H,6,12H2,1-3H3,(H,13,14). The third kappa shape index (κ3) is 3.45. The highest BCUT2D eigenvalue weighted by Gasteiger charge is 2.10. The van der Waals surface area contributed by atoms with Crippen LogP contribution in [-0.2, 0) is 4.79 Å². The molecule has 3 N–H and O–H groups in total. The molecule has 0 aliphatic heterocycles. The Hall–Kier alpha value is -1.56. The molecule has 0 spiro atoms. The number of benzene rings is 1. The van der Waals surface area contributed by atoms with Crippen LogP contribution in [0.3, 0.4) is 0 Å². The van der Waals surface area contributed by atoms with Gasteiger partial charge in [0, 0.05) is 23.7 Å². The van der Waals surface area contributed by atoms with E-state index in [1.54, 1.807) is 33.4 Å². The van der Waals surface area contributed by atoms with Gasteiger partial charge in [0.1, 0.15) is 0 Å². The lowest BCUT2D eigenvalue weighted by Crippen LogP contribution is -2.19. The van der Waals surface area contributed by atoms with E-state index in [0.717, 1.165) is 4.90 Å². The lowest BCUT2D eigenvalue weighted by atomic mass is 10.3. The largest absolute Gasteiger partial charge is 0.493 e. The molecular weight excluding hydrogens is 240 g/mol. The van der Waals surface area contributed by atoms with Crippen LogP contribution in [0.4, 0.5) is 5.69 Å². The Kier molecular flexibility index (Phi) is 4.96. The number of carbonyl (C=O) groups excluding carboxylic acids is 1. The molecule has 5 nitrogen and oxygen atoms in total. The van der Waals surface area contributed by atoms with Gasteiger partial charge in [0.15, 0.2) is 11.5 Å². The highest BCUT2D eigenvalue weighted by atomic mass is 32.2. The zero-order chi connectivity index (χ0) is 12.8.